The van der Waals surface area contributed by atoms with Crippen LogP contribution >= 0.6 is 11.6 Å². The summed E-state index contributed by atoms with van der Waals surface area (Å²) in [6.07, 6.45) is 1.30. The van der Waals surface area contributed by atoms with Crippen molar-refractivity contribution < 1.29 is 22.7 Å². The standard InChI is InChI=1S/C16H15ClN2O5S/c1-10(15(20)19-14-7-6-12(17)9-18-14)24-16(21)11-4-3-5-13(8-11)25(2,22)23/h3-10H,1-2H3,(H,18,19,20)/t10-/m0/s1. The highest BCUT2D eigenvalue weighted by Gasteiger charge is 2.20. The second-order valence-corrected chi connectivity index (χ2v) is 7.65. The predicted octanol–water partition coefficient (Wildman–Crippen LogP) is 2.32. The van der Waals surface area contributed by atoms with Crippen molar-refractivity contribution in [3.63, 3.8) is 0 Å². The lowest BCUT2D eigenvalue weighted by Crippen LogP contribution is -2.30. The van der Waals surface area contributed by atoms with Crippen molar-refractivity contribution in [2.24, 2.45) is 0 Å². The van der Waals surface area contributed by atoms with Gasteiger partial charge >= 0.3 is 5.97 Å². The summed E-state index contributed by atoms with van der Waals surface area (Å²) >= 11 is 5.70. The fourth-order valence-corrected chi connectivity index (χ4v) is 2.59. The lowest BCUT2D eigenvalue weighted by molar-refractivity contribution is -0.123. The number of sulfone groups is 1. The molecular weight excluding hydrogens is 368 g/mol. The first-order valence-electron chi connectivity index (χ1n) is 7.10. The Labute approximate surface area is 149 Å². The number of pyridine rings is 1. The maximum absolute atomic E-state index is 12.1. The molecule has 0 fully saturated rings. The Bertz CT molecular complexity index is 897. The van der Waals surface area contributed by atoms with E-state index in [0.717, 1.165) is 6.26 Å². The molecule has 25 heavy (non-hydrogen) atoms. The van der Waals surface area contributed by atoms with E-state index in [2.05, 4.69) is 10.3 Å². The highest BCUT2D eigenvalue weighted by Crippen LogP contribution is 2.14. The Kier molecular flexibility index (Phi) is 5.76. The number of hydrogen-bond acceptors (Lipinski definition) is 6. The Morgan fingerprint density at radius 2 is 1.96 bits per heavy atom. The molecule has 0 aliphatic rings. The first-order valence-corrected chi connectivity index (χ1v) is 9.37. The van der Waals surface area contributed by atoms with Crippen LogP contribution in [0.2, 0.25) is 5.02 Å². The topological polar surface area (TPSA) is 102 Å². The van der Waals surface area contributed by atoms with Gasteiger partial charge in [0.25, 0.3) is 5.91 Å². The third-order valence-corrected chi connectivity index (χ3v) is 4.46. The molecule has 0 saturated carbocycles. The van der Waals surface area contributed by atoms with Gasteiger partial charge in [0.15, 0.2) is 15.9 Å². The van der Waals surface area contributed by atoms with Gasteiger partial charge in [-0.15, -0.1) is 0 Å². The minimum atomic E-state index is -3.45. The summed E-state index contributed by atoms with van der Waals surface area (Å²) in [5, 5.41) is 2.90. The van der Waals surface area contributed by atoms with E-state index in [1.165, 1.54) is 43.5 Å². The molecule has 0 saturated heterocycles. The number of benzene rings is 1. The van der Waals surface area contributed by atoms with Crippen molar-refractivity contribution in [3.8, 4) is 0 Å². The van der Waals surface area contributed by atoms with Gasteiger partial charge in [-0.05, 0) is 37.3 Å². The van der Waals surface area contributed by atoms with E-state index in [4.69, 9.17) is 16.3 Å². The number of carbonyl (C=O) groups is 2. The maximum Gasteiger partial charge on any atom is 0.338 e. The molecule has 1 amide bonds. The van der Waals surface area contributed by atoms with E-state index in [1.54, 1.807) is 6.07 Å². The molecule has 0 aliphatic carbocycles. The lowest BCUT2D eigenvalue weighted by Gasteiger charge is -2.13. The molecule has 0 spiro atoms. The molecule has 0 unspecified atom stereocenters. The van der Waals surface area contributed by atoms with Gasteiger partial charge < -0.3 is 10.1 Å². The number of aromatic nitrogens is 1. The molecule has 7 nitrogen and oxygen atoms in total. The summed E-state index contributed by atoms with van der Waals surface area (Å²) < 4.78 is 28.1. The number of nitrogens with one attached hydrogen (secondary N) is 1. The molecule has 0 aliphatic heterocycles. The maximum atomic E-state index is 12.1. The zero-order chi connectivity index (χ0) is 18.6. The van der Waals surface area contributed by atoms with Crippen LogP contribution in [0.1, 0.15) is 17.3 Å². The quantitative estimate of drug-likeness (QED) is 0.796. The van der Waals surface area contributed by atoms with Crippen LogP contribution in [0.3, 0.4) is 0 Å². The van der Waals surface area contributed by atoms with Gasteiger partial charge in [0, 0.05) is 12.5 Å². The third kappa shape index (κ3) is 5.27. The number of carbonyl (C=O) groups excluding carboxylic acids is 2. The second kappa shape index (κ2) is 7.62. The van der Waals surface area contributed by atoms with Crippen LogP contribution in [0.15, 0.2) is 47.5 Å². The zero-order valence-electron chi connectivity index (χ0n) is 13.4. The number of amides is 1. The number of rotatable bonds is 5. The monoisotopic (exact) mass is 382 g/mol. The van der Waals surface area contributed by atoms with E-state index >= 15 is 0 Å². The van der Waals surface area contributed by atoms with Gasteiger partial charge in [0.2, 0.25) is 0 Å². The third-order valence-electron chi connectivity index (χ3n) is 3.13. The van der Waals surface area contributed by atoms with Crippen LogP contribution in [-0.4, -0.2) is 37.6 Å². The molecule has 1 atom stereocenters. The molecule has 9 heteroatoms. The van der Waals surface area contributed by atoms with E-state index < -0.39 is 27.8 Å². The van der Waals surface area contributed by atoms with E-state index in [-0.39, 0.29) is 16.3 Å². The summed E-state index contributed by atoms with van der Waals surface area (Å²) in [7, 11) is -3.45. The van der Waals surface area contributed by atoms with Gasteiger partial charge in [-0.3, -0.25) is 4.79 Å². The summed E-state index contributed by atoms with van der Waals surface area (Å²) in [5.74, 6) is -1.13. The molecule has 2 rings (SSSR count). The Hall–Kier alpha value is -2.45. The van der Waals surface area contributed by atoms with Crippen LogP contribution in [0, 0.1) is 0 Å². The molecule has 2 aromatic rings. The Balaban J connectivity index is 2.04. The van der Waals surface area contributed by atoms with Gasteiger partial charge in [-0.2, -0.15) is 0 Å². The zero-order valence-corrected chi connectivity index (χ0v) is 15.0. The van der Waals surface area contributed by atoms with E-state index in [9.17, 15) is 18.0 Å². The number of esters is 1. The second-order valence-electron chi connectivity index (χ2n) is 5.20. The van der Waals surface area contributed by atoms with Crippen molar-refractivity contribution in [3.05, 3.63) is 53.2 Å². The average Bonchev–Trinajstić information content (AvgIpc) is 2.56. The predicted molar refractivity (Wildman–Crippen MR) is 92.3 cm³/mol. The molecular formula is C16H15ClN2O5S. The number of ether oxygens (including phenoxy) is 1. The van der Waals surface area contributed by atoms with E-state index in [1.807, 2.05) is 0 Å². The average molecular weight is 383 g/mol. The van der Waals surface area contributed by atoms with E-state index in [0.29, 0.717) is 5.02 Å². The summed E-state index contributed by atoms with van der Waals surface area (Å²) in [4.78, 5) is 28.0. The largest absolute Gasteiger partial charge is 0.449 e. The van der Waals surface area contributed by atoms with Crippen molar-refractivity contribution in [2.45, 2.75) is 17.9 Å². The van der Waals surface area contributed by atoms with Crippen molar-refractivity contribution in [1.82, 2.24) is 4.98 Å². The molecule has 0 radical (unpaired) electrons. The van der Waals surface area contributed by atoms with Gasteiger partial charge in [0.1, 0.15) is 5.82 Å². The molecule has 1 aromatic heterocycles. The molecule has 0 bridgehead atoms. The normalized spacial score (nSPS) is 12.3. The first kappa shape index (κ1) is 18.9. The number of anilines is 1. The van der Waals surface area contributed by atoms with Crippen LogP contribution in [0.25, 0.3) is 0 Å². The van der Waals surface area contributed by atoms with Crippen molar-refractivity contribution >= 4 is 39.1 Å². The summed E-state index contributed by atoms with van der Waals surface area (Å²) in [5.41, 5.74) is 0.0344. The number of hydrogen-bond donors (Lipinski definition) is 1. The van der Waals surface area contributed by atoms with Gasteiger partial charge in [-0.25, -0.2) is 18.2 Å². The van der Waals surface area contributed by atoms with Crippen LogP contribution in [0.4, 0.5) is 5.82 Å². The molecule has 1 aromatic carbocycles. The fraction of sp³-hybridized carbons (Fsp3) is 0.188. The highest BCUT2D eigenvalue weighted by atomic mass is 35.5. The smallest absolute Gasteiger partial charge is 0.338 e. The first-order chi connectivity index (χ1) is 11.7. The Morgan fingerprint density at radius 1 is 1.24 bits per heavy atom. The Morgan fingerprint density at radius 3 is 2.56 bits per heavy atom. The minimum absolute atomic E-state index is 0.00980. The SMILES string of the molecule is C[C@H](OC(=O)c1cccc(S(C)(=O)=O)c1)C(=O)Nc1ccc(Cl)cn1. The van der Waals surface area contributed by atoms with Gasteiger partial charge in [-0.1, -0.05) is 17.7 Å². The number of nitrogens with zero attached hydrogens (tertiary/aromatic N) is 1. The fourth-order valence-electron chi connectivity index (χ4n) is 1.81. The lowest BCUT2D eigenvalue weighted by atomic mass is 10.2. The van der Waals surface area contributed by atoms with Crippen LogP contribution < -0.4 is 5.32 Å². The minimum Gasteiger partial charge on any atom is -0.449 e. The van der Waals surface area contributed by atoms with Crippen molar-refractivity contribution in [1.29, 1.82) is 0 Å². The van der Waals surface area contributed by atoms with Gasteiger partial charge in [0.05, 0.1) is 15.5 Å². The summed E-state index contributed by atoms with van der Waals surface area (Å²) in [6, 6.07) is 8.46. The molecule has 1 heterocycles. The molecule has 132 valence electrons. The van der Waals surface area contributed by atoms with Crippen LogP contribution in [-0.2, 0) is 19.4 Å². The van der Waals surface area contributed by atoms with Crippen molar-refractivity contribution in [2.75, 3.05) is 11.6 Å². The summed E-state index contributed by atoms with van der Waals surface area (Å²) in [6.45, 7) is 1.39. The number of halogens is 1. The highest BCUT2D eigenvalue weighted by molar-refractivity contribution is 7.90. The van der Waals surface area contributed by atoms with Crippen LogP contribution in [0.5, 0.6) is 0 Å². The molecule has 1 N–H and O–H groups in total.